The van der Waals surface area contributed by atoms with Crippen LogP contribution >= 0.6 is 0 Å². The first-order valence-corrected chi connectivity index (χ1v) is 8.25. The topological polar surface area (TPSA) is 74.8 Å². The van der Waals surface area contributed by atoms with E-state index in [-0.39, 0.29) is 16.9 Å². The van der Waals surface area contributed by atoms with Crippen molar-refractivity contribution in [1.82, 2.24) is 9.97 Å². The second kappa shape index (κ2) is 6.84. The highest BCUT2D eigenvalue weighted by Gasteiger charge is 2.18. The van der Waals surface area contributed by atoms with E-state index in [1.54, 1.807) is 54.9 Å². The molecule has 0 aliphatic carbocycles. The van der Waals surface area contributed by atoms with Gasteiger partial charge in [-0.1, -0.05) is 24.3 Å². The Kier molecular flexibility index (Phi) is 4.22. The van der Waals surface area contributed by atoms with Crippen LogP contribution < -0.4 is 5.32 Å². The number of benzene rings is 3. The Morgan fingerprint density at radius 1 is 0.926 bits per heavy atom. The molecule has 1 aromatic heterocycles. The van der Waals surface area contributed by atoms with E-state index in [0.29, 0.717) is 11.3 Å². The minimum atomic E-state index is -0.479. The minimum Gasteiger partial charge on any atom is -0.345 e. The Morgan fingerprint density at radius 3 is 2.56 bits per heavy atom. The lowest BCUT2D eigenvalue weighted by Gasteiger charge is -2.10. The number of hydrogen-bond acceptors (Lipinski definition) is 3. The zero-order valence-electron chi connectivity index (χ0n) is 14.1. The third kappa shape index (κ3) is 3.32. The monoisotopic (exact) mass is 359 g/mol. The predicted molar refractivity (Wildman–Crippen MR) is 100 cm³/mol. The summed E-state index contributed by atoms with van der Waals surface area (Å²) in [5.74, 6) is -1.21. The van der Waals surface area contributed by atoms with Crippen molar-refractivity contribution in [3.63, 3.8) is 0 Å². The van der Waals surface area contributed by atoms with Gasteiger partial charge in [0.05, 0.1) is 22.9 Å². The van der Waals surface area contributed by atoms with Gasteiger partial charge in [0.25, 0.3) is 5.91 Å². The van der Waals surface area contributed by atoms with E-state index in [9.17, 15) is 14.0 Å². The van der Waals surface area contributed by atoms with Gasteiger partial charge in [-0.25, -0.2) is 9.37 Å². The fourth-order valence-corrected chi connectivity index (χ4v) is 2.88. The molecule has 0 unspecified atom stereocenters. The molecule has 0 atom stereocenters. The van der Waals surface area contributed by atoms with Crippen molar-refractivity contribution < 1.29 is 14.0 Å². The predicted octanol–water partition coefficient (Wildman–Crippen LogP) is 4.19. The number of H-pyrrole nitrogens is 1. The summed E-state index contributed by atoms with van der Waals surface area (Å²) in [5, 5.41) is 2.62. The van der Waals surface area contributed by atoms with Crippen LogP contribution in [0.3, 0.4) is 0 Å². The molecular weight excluding hydrogens is 345 g/mol. The first-order valence-electron chi connectivity index (χ1n) is 8.25. The number of anilines is 1. The first-order chi connectivity index (χ1) is 13.1. The van der Waals surface area contributed by atoms with E-state index >= 15 is 0 Å². The van der Waals surface area contributed by atoms with Crippen molar-refractivity contribution in [1.29, 1.82) is 0 Å². The fourth-order valence-electron chi connectivity index (χ4n) is 2.88. The summed E-state index contributed by atoms with van der Waals surface area (Å²) < 4.78 is 13.3. The van der Waals surface area contributed by atoms with Crippen LogP contribution in [0.15, 0.2) is 73.1 Å². The molecule has 4 aromatic rings. The number of rotatable bonds is 4. The van der Waals surface area contributed by atoms with Gasteiger partial charge >= 0.3 is 0 Å². The average Bonchev–Trinajstić information content (AvgIpc) is 3.15. The second-order valence-electron chi connectivity index (χ2n) is 5.97. The maximum atomic E-state index is 13.3. The molecule has 2 N–H and O–H groups in total. The van der Waals surface area contributed by atoms with Crippen LogP contribution in [0.5, 0.6) is 0 Å². The van der Waals surface area contributed by atoms with Crippen LogP contribution in [0.1, 0.15) is 26.3 Å². The number of aromatic amines is 1. The highest BCUT2D eigenvalue weighted by molar-refractivity contribution is 6.18. The van der Waals surface area contributed by atoms with Gasteiger partial charge < -0.3 is 10.3 Å². The number of aromatic nitrogens is 2. The minimum absolute atomic E-state index is 0.219. The van der Waals surface area contributed by atoms with Crippen LogP contribution in [-0.2, 0) is 0 Å². The normalized spacial score (nSPS) is 10.7. The number of nitrogens with one attached hydrogen (secondary N) is 2. The second-order valence-corrected chi connectivity index (χ2v) is 5.97. The van der Waals surface area contributed by atoms with Gasteiger partial charge in [0, 0.05) is 16.8 Å². The van der Waals surface area contributed by atoms with Gasteiger partial charge in [0.15, 0.2) is 5.78 Å². The summed E-state index contributed by atoms with van der Waals surface area (Å²) in [6.45, 7) is 0. The van der Waals surface area contributed by atoms with Crippen LogP contribution in [0, 0.1) is 5.82 Å². The first kappa shape index (κ1) is 16.7. The standard InChI is InChI=1S/C21H14FN3O2/c22-14-4-3-5-15(11-14)25-21(27)17-7-2-1-6-16(17)20(26)13-8-9-18-19(10-13)24-12-23-18/h1-12H,(H,23,24)(H,25,27). The summed E-state index contributed by atoms with van der Waals surface area (Å²) >= 11 is 0. The molecule has 0 spiro atoms. The van der Waals surface area contributed by atoms with E-state index in [1.807, 2.05) is 0 Å². The molecule has 0 fully saturated rings. The van der Waals surface area contributed by atoms with Crippen LogP contribution in [0.4, 0.5) is 10.1 Å². The average molecular weight is 359 g/mol. The maximum Gasteiger partial charge on any atom is 0.256 e. The summed E-state index contributed by atoms with van der Waals surface area (Å²) in [5.41, 5.74) is 2.74. The number of carbonyl (C=O) groups is 2. The van der Waals surface area contributed by atoms with Crippen molar-refractivity contribution >= 4 is 28.4 Å². The van der Waals surface area contributed by atoms with E-state index in [0.717, 1.165) is 11.0 Å². The molecule has 0 aliphatic heterocycles. The van der Waals surface area contributed by atoms with E-state index < -0.39 is 11.7 Å². The third-order valence-electron chi connectivity index (χ3n) is 4.18. The van der Waals surface area contributed by atoms with E-state index in [2.05, 4.69) is 15.3 Å². The number of amides is 1. The Hall–Kier alpha value is -3.80. The highest BCUT2D eigenvalue weighted by atomic mass is 19.1. The molecule has 0 radical (unpaired) electrons. The Balaban J connectivity index is 1.67. The molecule has 0 saturated heterocycles. The Bertz CT molecular complexity index is 1170. The molecule has 132 valence electrons. The maximum absolute atomic E-state index is 13.3. The van der Waals surface area contributed by atoms with Crippen molar-refractivity contribution in [3.05, 3.63) is 95.6 Å². The smallest absolute Gasteiger partial charge is 0.256 e. The van der Waals surface area contributed by atoms with Gasteiger partial charge in [0.2, 0.25) is 0 Å². The lowest BCUT2D eigenvalue weighted by Crippen LogP contribution is -2.17. The van der Waals surface area contributed by atoms with Crippen molar-refractivity contribution in [2.24, 2.45) is 0 Å². The van der Waals surface area contributed by atoms with Crippen molar-refractivity contribution in [3.8, 4) is 0 Å². The molecule has 4 rings (SSSR count). The largest absolute Gasteiger partial charge is 0.345 e. The lowest BCUT2D eigenvalue weighted by atomic mass is 9.97. The number of halogens is 1. The van der Waals surface area contributed by atoms with Gasteiger partial charge in [-0.2, -0.15) is 0 Å². The number of nitrogens with zero attached hydrogens (tertiary/aromatic N) is 1. The zero-order valence-corrected chi connectivity index (χ0v) is 14.1. The summed E-state index contributed by atoms with van der Waals surface area (Å²) in [6.07, 6.45) is 1.55. The SMILES string of the molecule is O=C(Nc1cccc(F)c1)c1ccccc1C(=O)c1ccc2nc[nH]c2c1. The number of carbonyl (C=O) groups excluding carboxylic acids is 2. The molecule has 0 bridgehead atoms. The Labute approximate surface area is 153 Å². The molecule has 6 heteroatoms. The van der Waals surface area contributed by atoms with Crippen LogP contribution in [0.25, 0.3) is 11.0 Å². The van der Waals surface area contributed by atoms with E-state index in [4.69, 9.17) is 0 Å². The van der Waals surface area contributed by atoms with Crippen molar-refractivity contribution in [2.75, 3.05) is 5.32 Å². The highest BCUT2D eigenvalue weighted by Crippen LogP contribution is 2.19. The number of hydrogen-bond donors (Lipinski definition) is 2. The molecule has 0 saturated carbocycles. The fraction of sp³-hybridized carbons (Fsp3) is 0. The van der Waals surface area contributed by atoms with Crippen LogP contribution in [0.2, 0.25) is 0 Å². The molecule has 1 amide bonds. The van der Waals surface area contributed by atoms with Gasteiger partial charge in [-0.3, -0.25) is 9.59 Å². The Morgan fingerprint density at radius 2 is 1.74 bits per heavy atom. The van der Waals surface area contributed by atoms with Crippen LogP contribution in [-0.4, -0.2) is 21.7 Å². The van der Waals surface area contributed by atoms with Crippen molar-refractivity contribution in [2.45, 2.75) is 0 Å². The molecule has 3 aromatic carbocycles. The molecule has 1 heterocycles. The summed E-state index contributed by atoms with van der Waals surface area (Å²) in [4.78, 5) is 32.7. The number of fused-ring (bicyclic) bond motifs is 1. The molecule has 0 aliphatic rings. The molecular formula is C21H14FN3O2. The van der Waals surface area contributed by atoms with Gasteiger partial charge in [-0.15, -0.1) is 0 Å². The van der Waals surface area contributed by atoms with Gasteiger partial charge in [-0.05, 0) is 42.5 Å². The molecule has 27 heavy (non-hydrogen) atoms. The summed E-state index contributed by atoms with van der Waals surface area (Å²) in [7, 11) is 0. The zero-order chi connectivity index (χ0) is 18.8. The quantitative estimate of drug-likeness (QED) is 0.537. The number of ketones is 1. The van der Waals surface area contributed by atoms with E-state index in [1.165, 1.54) is 18.2 Å². The van der Waals surface area contributed by atoms with Gasteiger partial charge in [0.1, 0.15) is 5.82 Å². The third-order valence-corrected chi connectivity index (χ3v) is 4.18. The molecule has 5 nitrogen and oxygen atoms in total. The summed E-state index contributed by atoms with van der Waals surface area (Å²) in [6, 6.07) is 17.2. The lowest BCUT2D eigenvalue weighted by molar-refractivity contribution is 0.0996. The number of imidazole rings is 1.